The Morgan fingerprint density at radius 3 is 2.07 bits per heavy atom. The van der Waals surface area contributed by atoms with E-state index in [0.717, 1.165) is 38.8 Å². The molecule has 3 aromatic carbocycles. The van der Waals surface area contributed by atoms with Crippen LogP contribution in [0, 0.1) is 0 Å². The second-order valence-corrected chi connectivity index (χ2v) is 13.6. The summed E-state index contributed by atoms with van der Waals surface area (Å²) in [5.74, 6) is 0.432. The fraction of sp³-hybridized carbons (Fsp3) is 0.225. The van der Waals surface area contributed by atoms with E-state index in [1.54, 1.807) is 35.7 Å². The van der Waals surface area contributed by atoms with E-state index >= 15 is 0 Å². The SMILES string of the molecule is CCCCCCc1cc(-c2sc(/C=C(\C)C(=O)O)c3c2OCCO3)sc1-c1ccc(C=C(c2ccccc2)c2ccccc2)cc1. The monoisotopic (exact) mass is 646 g/mol. The highest BCUT2D eigenvalue weighted by Gasteiger charge is 2.27. The molecule has 6 heteroatoms. The highest BCUT2D eigenvalue weighted by molar-refractivity contribution is 7.24. The minimum Gasteiger partial charge on any atom is -0.485 e. The Kier molecular flexibility index (Phi) is 10.2. The third-order valence-electron chi connectivity index (χ3n) is 8.10. The first-order chi connectivity index (χ1) is 22.5. The summed E-state index contributed by atoms with van der Waals surface area (Å²) < 4.78 is 12.1. The van der Waals surface area contributed by atoms with Gasteiger partial charge in [0.15, 0.2) is 11.5 Å². The molecular formula is C40H38O4S2. The van der Waals surface area contributed by atoms with Crippen LogP contribution in [0.15, 0.2) is 96.6 Å². The first kappa shape index (κ1) is 31.6. The van der Waals surface area contributed by atoms with Gasteiger partial charge in [-0.15, -0.1) is 22.7 Å². The quantitative estimate of drug-likeness (QED) is 0.0832. The number of carbonyl (C=O) groups is 1. The van der Waals surface area contributed by atoms with Crippen molar-refractivity contribution in [2.75, 3.05) is 13.2 Å². The fourth-order valence-corrected chi connectivity index (χ4v) is 8.17. The van der Waals surface area contributed by atoms with Crippen LogP contribution in [0.1, 0.15) is 66.7 Å². The number of benzene rings is 3. The van der Waals surface area contributed by atoms with Crippen LogP contribution in [-0.4, -0.2) is 24.3 Å². The van der Waals surface area contributed by atoms with Gasteiger partial charge in [-0.25, -0.2) is 4.79 Å². The molecule has 0 unspecified atom stereocenters. The smallest absolute Gasteiger partial charge is 0.331 e. The van der Waals surface area contributed by atoms with Crippen molar-refractivity contribution >= 4 is 46.4 Å². The van der Waals surface area contributed by atoms with E-state index < -0.39 is 5.97 Å². The molecule has 0 aliphatic carbocycles. The van der Waals surface area contributed by atoms with E-state index in [-0.39, 0.29) is 5.57 Å². The predicted molar refractivity (Wildman–Crippen MR) is 193 cm³/mol. The Morgan fingerprint density at radius 2 is 1.43 bits per heavy atom. The number of aryl methyl sites for hydroxylation is 1. The molecule has 234 valence electrons. The van der Waals surface area contributed by atoms with E-state index in [1.807, 2.05) is 0 Å². The van der Waals surface area contributed by atoms with Gasteiger partial charge in [0.2, 0.25) is 0 Å². The van der Waals surface area contributed by atoms with Crippen LogP contribution in [0.5, 0.6) is 11.5 Å². The van der Waals surface area contributed by atoms with Crippen molar-refractivity contribution in [3.8, 4) is 31.7 Å². The molecule has 2 aromatic heterocycles. The van der Waals surface area contributed by atoms with Crippen molar-refractivity contribution in [3.05, 3.63) is 124 Å². The highest BCUT2D eigenvalue weighted by atomic mass is 32.1. The van der Waals surface area contributed by atoms with E-state index in [9.17, 15) is 9.90 Å². The second kappa shape index (κ2) is 14.8. The molecule has 0 spiro atoms. The molecule has 1 aliphatic heterocycles. The zero-order chi connectivity index (χ0) is 31.9. The molecule has 0 saturated carbocycles. The van der Waals surface area contributed by atoms with Crippen molar-refractivity contribution in [1.29, 1.82) is 0 Å². The maximum atomic E-state index is 11.6. The molecule has 5 aromatic rings. The molecule has 0 atom stereocenters. The maximum Gasteiger partial charge on any atom is 0.331 e. The normalized spacial score (nSPS) is 12.6. The first-order valence-electron chi connectivity index (χ1n) is 15.9. The van der Waals surface area contributed by atoms with Gasteiger partial charge in [0.1, 0.15) is 13.2 Å². The van der Waals surface area contributed by atoms with Crippen molar-refractivity contribution in [3.63, 3.8) is 0 Å². The van der Waals surface area contributed by atoms with E-state index in [2.05, 4.69) is 104 Å². The summed E-state index contributed by atoms with van der Waals surface area (Å²) in [4.78, 5) is 15.8. The summed E-state index contributed by atoms with van der Waals surface area (Å²) in [6.07, 6.45) is 9.76. The van der Waals surface area contributed by atoms with E-state index in [0.29, 0.717) is 19.0 Å². The number of fused-ring (bicyclic) bond motifs is 1. The van der Waals surface area contributed by atoms with Crippen LogP contribution in [0.4, 0.5) is 0 Å². The highest BCUT2D eigenvalue weighted by Crippen LogP contribution is 2.53. The lowest BCUT2D eigenvalue weighted by Gasteiger charge is -2.16. The van der Waals surface area contributed by atoms with Gasteiger partial charge in [-0.2, -0.15) is 0 Å². The third kappa shape index (κ3) is 7.19. The van der Waals surface area contributed by atoms with Crippen LogP contribution in [-0.2, 0) is 11.2 Å². The average molecular weight is 647 g/mol. The number of aliphatic carboxylic acids is 1. The molecule has 46 heavy (non-hydrogen) atoms. The topological polar surface area (TPSA) is 55.8 Å². The average Bonchev–Trinajstić information content (AvgIpc) is 3.68. The number of thiophene rings is 2. The second-order valence-electron chi connectivity index (χ2n) is 11.5. The Hall–Kier alpha value is -4.39. The summed E-state index contributed by atoms with van der Waals surface area (Å²) in [5.41, 5.74) is 7.52. The standard InChI is InChI=1S/C40H38O4S2/c1-3-4-5-8-17-32-26-35(39-37-36(43-22-23-44-37)34(45-39)24-27(2)40(41)42)46-38(32)31-20-18-28(19-21-31)25-33(29-13-9-6-10-14-29)30-15-11-7-12-16-30/h6-7,9-16,18-21,24-26H,3-5,8,17,22-23H2,1-2H3,(H,41,42)/b27-24+. The summed E-state index contributed by atoms with van der Waals surface area (Å²) in [7, 11) is 0. The maximum absolute atomic E-state index is 11.6. The number of ether oxygens (including phenoxy) is 2. The van der Waals surface area contributed by atoms with Gasteiger partial charge in [-0.05, 0) is 71.4 Å². The Labute approximate surface area is 279 Å². The number of carboxylic acid groups (broad SMARTS) is 1. The lowest BCUT2D eigenvalue weighted by molar-refractivity contribution is -0.132. The summed E-state index contributed by atoms with van der Waals surface area (Å²) in [5, 5.41) is 9.50. The predicted octanol–water partition coefficient (Wildman–Crippen LogP) is 11.1. The van der Waals surface area contributed by atoms with Gasteiger partial charge in [0.25, 0.3) is 0 Å². The molecule has 0 radical (unpaired) electrons. The van der Waals surface area contributed by atoms with Gasteiger partial charge >= 0.3 is 5.97 Å². The summed E-state index contributed by atoms with van der Waals surface area (Å²) >= 11 is 3.32. The molecule has 0 bridgehead atoms. The number of carboxylic acids is 1. The van der Waals surface area contributed by atoms with Gasteiger partial charge < -0.3 is 14.6 Å². The summed E-state index contributed by atoms with van der Waals surface area (Å²) in [6.45, 7) is 4.77. The van der Waals surface area contributed by atoms with Crippen molar-refractivity contribution in [1.82, 2.24) is 0 Å². The zero-order valence-electron chi connectivity index (χ0n) is 26.3. The van der Waals surface area contributed by atoms with Gasteiger partial charge in [-0.3, -0.25) is 0 Å². The molecule has 1 N–H and O–H groups in total. The number of hydrogen-bond donors (Lipinski definition) is 1. The Bertz CT molecular complexity index is 1800. The lowest BCUT2D eigenvalue weighted by atomic mass is 9.95. The van der Waals surface area contributed by atoms with Crippen LogP contribution in [0.3, 0.4) is 0 Å². The van der Waals surface area contributed by atoms with Crippen LogP contribution >= 0.6 is 22.7 Å². The van der Waals surface area contributed by atoms with Gasteiger partial charge in [0, 0.05) is 15.3 Å². The minimum atomic E-state index is -0.939. The molecule has 3 heterocycles. The molecule has 4 nitrogen and oxygen atoms in total. The van der Waals surface area contributed by atoms with Crippen LogP contribution < -0.4 is 9.47 Å². The summed E-state index contributed by atoms with van der Waals surface area (Å²) in [6, 6.07) is 32.3. The molecule has 0 amide bonds. The molecule has 0 saturated heterocycles. The van der Waals surface area contributed by atoms with E-state index in [4.69, 9.17) is 9.47 Å². The number of hydrogen-bond acceptors (Lipinski definition) is 5. The van der Waals surface area contributed by atoms with Crippen molar-refractivity contribution in [2.24, 2.45) is 0 Å². The largest absolute Gasteiger partial charge is 0.485 e. The Morgan fingerprint density at radius 1 is 0.783 bits per heavy atom. The lowest BCUT2D eigenvalue weighted by Crippen LogP contribution is -2.14. The first-order valence-corrected chi connectivity index (χ1v) is 17.5. The van der Waals surface area contributed by atoms with Crippen LogP contribution in [0.2, 0.25) is 0 Å². The van der Waals surface area contributed by atoms with Gasteiger partial charge in [0.05, 0.1) is 9.75 Å². The molecule has 6 rings (SSSR count). The van der Waals surface area contributed by atoms with Crippen molar-refractivity contribution in [2.45, 2.75) is 46.0 Å². The van der Waals surface area contributed by atoms with E-state index in [1.165, 1.54) is 52.0 Å². The number of rotatable bonds is 12. The number of unbranched alkanes of at least 4 members (excludes halogenated alkanes) is 3. The zero-order valence-corrected chi connectivity index (χ0v) is 27.9. The molecule has 1 aliphatic rings. The fourth-order valence-electron chi connectivity index (χ4n) is 5.67. The van der Waals surface area contributed by atoms with Crippen LogP contribution in [0.25, 0.3) is 37.9 Å². The third-order valence-corrected chi connectivity index (χ3v) is 10.6. The molecule has 0 fully saturated rings. The van der Waals surface area contributed by atoms with Gasteiger partial charge in [-0.1, -0.05) is 111 Å². The van der Waals surface area contributed by atoms with Crippen molar-refractivity contribution < 1.29 is 19.4 Å². The molecular weight excluding hydrogens is 609 g/mol. The Balaban J connectivity index is 1.38. The minimum absolute atomic E-state index is 0.269.